The van der Waals surface area contributed by atoms with Gasteiger partial charge in [0.15, 0.2) is 4.34 Å². The van der Waals surface area contributed by atoms with E-state index in [2.05, 4.69) is 10.1 Å². The summed E-state index contributed by atoms with van der Waals surface area (Å²) in [5, 5.41) is 13.0. The number of carbonyl (C=O) groups is 1. The van der Waals surface area contributed by atoms with Crippen molar-refractivity contribution in [3.8, 4) is 0 Å². The Morgan fingerprint density at radius 1 is 1.61 bits per heavy atom. The topological polar surface area (TPSA) is 68.0 Å². The predicted octanol–water partition coefficient (Wildman–Crippen LogP) is 2.22. The molecule has 0 radical (unpaired) electrons. The summed E-state index contributed by atoms with van der Waals surface area (Å²) in [6, 6.07) is 0. The molecule has 0 spiro atoms. The number of rotatable bonds is 5. The van der Waals surface area contributed by atoms with Crippen molar-refractivity contribution in [3.63, 3.8) is 0 Å². The molecule has 2 aromatic rings. The van der Waals surface area contributed by atoms with E-state index < -0.39 is 5.97 Å². The Morgan fingerprint density at radius 3 is 2.94 bits per heavy atom. The van der Waals surface area contributed by atoms with Crippen molar-refractivity contribution in [2.75, 3.05) is 5.75 Å². The van der Waals surface area contributed by atoms with Gasteiger partial charge in [-0.05, 0) is 18.9 Å². The second-order valence-corrected chi connectivity index (χ2v) is 6.16. The number of aryl methyl sites for hydroxylation is 3. The molecule has 1 N–H and O–H groups in total. The molecule has 0 atom stereocenters. The Morgan fingerprint density at radius 2 is 2.39 bits per heavy atom. The van der Waals surface area contributed by atoms with Crippen LogP contribution in [-0.2, 0) is 13.5 Å². The number of aromatic carboxylic acids is 1. The summed E-state index contributed by atoms with van der Waals surface area (Å²) in [5.74, 6) is -0.0262. The number of nitrogens with zero attached hydrogens (tertiary/aromatic N) is 3. The first-order chi connectivity index (χ1) is 8.56. The van der Waals surface area contributed by atoms with Crippen LogP contribution in [0.1, 0.15) is 20.9 Å². The summed E-state index contributed by atoms with van der Waals surface area (Å²) in [5.41, 5.74) is 1.77. The summed E-state index contributed by atoms with van der Waals surface area (Å²) < 4.78 is 2.59. The number of thiazole rings is 1. The normalized spacial score (nSPS) is 10.8. The average Bonchev–Trinajstić information content (AvgIpc) is 2.85. The monoisotopic (exact) mass is 283 g/mol. The smallest absolute Gasteiger partial charge is 0.347 e. The number of aromatic nitrogens is 3. The minimum Gasteiger partial charge on any atom is -0.477 e. The van der Waals surface area contributed by atoms with Gasteiger partial charge in [0.25, 0.3) is 0 Å². The van der Waals surface area contributed by atoms with Gasteiger partial charge in [0.1, 0.15) is 4.88 Å². The first kappa shape index (κ1) is 13.1. The lowest BCUT2D eigenvalue weighted by molar-refractivity contribution is 0.0701. The lowest BCUT2D eigenvalue weighted by atomic mass is 10.3. The van der Waals surface area contributed by atoms with E-state index in [1.54, 1.807) is 23.4 Å². The van der Waals surface area contributed by atoms with Gasteiger partial charge in [-0.3, -0.25) is 4.68 Å². The Labute approximate surface area is 113 Å². The zero-order chi connectivity index (χ0) is 13.1. The van der Waals surface area contributed by atoms with E-state index in [9.17, 15) is 4.79 Å². The van der Waals surface area contributed by atoms with E-state index in [0.717, 1.165) is 16.5 Å². The molecule has 96 valence electrons. The van der Waals surface area contributed by atoms with Gasteiger partial charge in [0.2, 0.25) is 0 Å². The fourth-order valence-electron chi connectivity index (χ4n) is 1.49. The van der Waals surface area contributed by atoms with Crippen LogP contribution in [0, 0.1) is 6.92 Å². The second kappa shape index (κ2) is 5.53. The summed E-state index contributed by atoms with van der Waals surface area (Å²) >= 11 is 2.82. The molecule has 18 heavy (non-hydrogen) atoms. The Bertz CT molecular complexity index is 562. The van der Waals surface area contributed by atoms with Crippen LogP contribution in [0.3, 0.4) is 0 Å². The van der Waals surface area contributed by atoms with E-state index in [1.165, 1.54) is 16.9 Å². The second-order valence-electron chi connectivity index (χ2n) is 3.82. The highest BCUT2D eigenvalue weighted by atomic mass is 32.2. The molecule has 0 aliphatic heterocycles. The van der Waals surface area contributed by atoms with Crippen molar-refractivity contribution < 1.29 is 9.90 Å². The molecule has 0 unspecified atom stereocenters. The molecule has 0 saturated heterocycles. The first-order valence-electron chi connectivity index (χ1n) is 5.37. The van der Waals surface area contributed by atoms with Crippen LogP contribution in [0.25, 0.3) is 0 Å². The van der Waals surface area contributed by atoms with Crippen LogP contribution in [-0.4, -0.2) is 31.6 Å². The van der Waals surface area contributed by atoms with Crippen LogP contribution in [0.5, 0.6) is 0 Å². The van der Waals surface area contributed by atoms with Crippen LogP contribution >= 0.6 is 23.1 Å². The highest BCUT2D eigenvalue weighted by Gasteiger charge is 2.13. The third-order valence-electron chi connectivity index (χ3n) is 2.35. The maximum atomic E-state index is 10.9. The molecule has 0 bridgehead atoms. The standard InChI is InChI=1S/C11H13N3O2S2/c1-7-9(10(15)16)18-11(13-7)17-4-3-8-5-12-14(2)6-8/h5-6H,3-4H2,1-2H3,(H,15,16). The Balaban J connectivity index is 1.90. The number of carboxylic acids is 1. The summed E-state index contributed by atoms with van der Waals surface area (Å²) in [6.07, 6.45) is 4.73. The molecule has 0 aliphatic rings. The molecule has 0 amide bonds. The van der Waals surface area contributed by atoms with E-state index in [-0.39, 0.29) is 0 Å². The molecule has 0 aliphatic carbocycles. The van der Waals surface area contributed by atoms with Crippen molar-refractivity contribution in [2.24, 2.45) is 7.05 Å². The first-order valence-corrected chi connectivity index (χ1v) is 7.17. The van der Waals surface area contributed by atoms with Gasteiger partial charge >= 0.3 is 5.97 Å². The highest BCUT2D eigenvalue weighted by molar-refractivity contribution is 8.01. The van der Waals surface area contributed by atoms with E-state index >= 15 is 0 Å². The third kappa shape index (κ3) is 3.11. The van der Waals surface area contributed by atoms with Crippen LogP contribution in [0.2, 0.25) is 0 Å². The number of hydrogen-bond donors (Lipinski definition) is 1. The number of carboxylic acid groups (broad SMARTS) is 1. The average molecular weight is 283 g/mol. The van der Waals surface area contributed by atoms with Crippen molar-refractivity contribution in [2.45, 2.75) is 17.7 Å². The fourth-order valence-corrected chi connectivity index (χ4v) is 3.58. The number of hydrogen-bond acceptors (Lipinski definition) is 5. The SMILES string of the molecule is Cc1nc(SCCc2cnn(C)c2)sc1C(=O)O. The van der Waals surface area contributed by atoms with E-state index in [4.69, 9.17) is 5.11 Å². The lowest BCUT2D eigenvalue weighted by Gasteiger charge is -1.94. The zero-order valence-electron chi connectivity index (χ0n) is 10.1. The van der Waals surface area contributed by atoms with Gasteiger partial charge in [0.05, 0.1) is 11.9 Å². The molecule has 2 rings (SSSR count). The fraction of sp³-hybridized carbons (Fsp3) is 0.364. The van der Waals surface area contributed by atoms with Gasteiger partial charge in [0, 0.05) is 19.0 Å². The van der Waals surface area contributed by atoms with E-state index in [0.29, 0.717) is 10.6 Å². The Hall–Kier alpha value is -1.34. The summed E-state index contributed by atoms with van der Waals surface area (Å²) in [6.45, 7) is 1.73. The van der Waals surface area contributed by atoms with Gasteiger partial charge in [-0.2, -0.15) is 5.10 Å². The van der Waals surface area contributed by atoms with Crippen LogP contribution in [0.4, 0.5) is 0 Å². The number of thioether (sulfide) groups is 1. The molecule has 7 heteroatoms. The summed E-state index contributed by atoms with van der Waals surface area (Å²) in [4.78, 5) is 15.5. The quantitative estimate of drug-likeness (QED) is 0.852. The largest absolute Gasteiger partial charge is 0.477 e. The Kier molecular flexibility index (Phi) is 4.03. The maximum absolute atomic E-state index is 10.9. The van der Waals surface area contributed by atoms with E-state index in [1.807, 2.05) is 19.4 Å². The molecule has 0 aromatic carbocycles. The van der Waals surface area contributed by atoms with Crippen molar-refractivity contribution >= 4 is 29.1 Å². The molecule has 0 saturated carbocycles. The van der Waals surface area contributed by atoms with Gasteiger partial charge in [-0.1, -0.05) is 11.8 Å². The van der Waals surface area contributed by atoms with Gasteiger partial charge in [-0.15, -0.1) is 11.3 Å². The predicted molar refractivity (Wildman–Crippen MR) is 71.4 cm³/mol. The van der Waals surface area contributed by atoms with Gasteiger partial charge in [-0.25, -0.2) is 9.78 Å². The van der Waals surface area contributed by atoms with Gasteiger partial charge < -0.3 is 5.11 Å². The van der Waals surface area contributed by atoms with Crippen LogP contribution in [0.15, 0.2) is 16.7 Å². The third-order valence-corrected chi connectivity index (χ3v) is 4.64. The summed E-state index contributed by atoms with van der Waals surface area (Å²) in [7, 11) is 1.89. The molecule has 2 aromatic heterocycles. The molecular weight excluding hydrogens is 270 g/mol. The minimum atomic E-state index is -0.899. The molecular formula is C11H13N3O2S2. The van der Waals surface area contributed by atoms with Crippen molar-refractivity contribution in [3.05, 3.63) is 28.5 Å². The maximum Gasteiger partial charge on any atom is 0.347 e. The van der Waals surface area contributed by atoms with Crippen molar-refractivity contribution in [1.82, 2.24) is 14.8 Å². The zero-order valence-corrected chi connectivity index (χ0v) is 11.7. The highest BCUT2D eigenvalue weighted by Crippen LogP contribution is 2.27. The molecule has 2 heterocycles. The lowest BCUT2D eigenvalue weighted by Crippen LogP contribution is -1.94. The molecule has 0 fully saturated rings. The van der Waals surface area contributed by atoms with Crippen LogP contribution < -0.4 is 0 Å². The van der Waals surface area contributed by atoms with Crippen molar-refractivity contribution in [1.29, 1.82) is 0 Å². The minimum absolute atomic E-state index is 0.332. The molecule has 5 nitrogen and oxygen atoms in total.